The second kappa shape index (κ2) is 8.57. The van der Waals surface area contributed by atoms with Gasteiger partial charge in [0.15, 0.2) is 0 Å². The number of ketones is 1. The number of aryl methyl sites for hydroxylation is 1. The van der Waals surface area contributed by atoms with Gasteiger partial charge in [-0.2, -0.15) is 5.26 Å². The first-order chi connectivity index (χ1) is 14.9. The van der Waals surface area contributed by atoms with E-state index in [-0.39, 0.29) is 17.6 Å². The van der Waals surface area contributed by atoms with E-state index in [1.807, 2.05) is 24.3 Å². The van der Waals surface area contributed by atoms with Crippen molar-refractivity contribution in [2.24, 2.45) is 0 Å². The number of fused-ring (bicyclic) bond motifs is 1. The van der Waals surface area contributed by atoms with Crippen molar-refractivity contribution in [1.29, 1.82) is 5.26 Å². The van der Waals surface area contributed by atoms with E-state index in [9.17, 15) is 14.4 Å². The zero-order valence-corrected chi connectivity index (χ0v) is 17.2. The Morgan fingerprint density at radius 1 is 1.16 bits per heavy atom. The van der Waals surface area contributed by atoms with Crippen LogP contribution in [-0.4, -0.2) is 28.5 Å². The minimum atomic E-state index is -0.470. The van der Waals surface area contributed by atoms with Crippen molar-refractivity contribution >= 4 is 17.6 Å². The number of benzene rings is 2. The number of piperidine rings is 1. The number of nitriles is 1. The molecule has 6 heteroatoms. The standard InChI is InChI=1S/C25H23N3O3/c1-16-2-11-23(24(30)27-16)28-15-20-12-17(8-10-22(20)25(28)31)7-9-21(29)13-18-3-5-19(14-26)6-4-18/h3-6,8,10,12,23H,1-2,7,9,11,13,15H2,(H,27,30). The van der Waals surface area contributed by atoms with E-state index in [1.165, 1.54) is 0 Å². The minimum Gasteiger partial charge on any atom is -0.329 e. The summed E-state index contributed by atoms with van der Waals surface area (Å²) in [5, 5.41) is 11.6. The molecule has 31 heavy (non-hydrogen) atoms. The van der Waals surface area contributed by atoms with Crippen LogP contribution in [0.2, 0.25) is 0 Å². The second-order valence-corrected chi connectivity index (χ2v) is 8.10. The molecule has 1 N–H and O–H groups in total. The fourth-order valence-corrected chi connectivity index (χ4v) is 4.16. The molecule has 6 nitrogen and oxygen atoms in total. The molecule has 0 spiro atoms. The van der Waals surface area contributed by atoms with Gasteiger partial charge in [0.2, 0.25) is 5.91 Å². The van der Waals surface area contributed by atoms with Gasteiger partial charge in [-0.3, -0.25) is 14.4 Å². The zero-order valence-electron chi connectivity index (χ0n) is 17.2. The molecule has 0 aliphatic carbocycles. The molecule has 2 aliphatic heterocycles. The summed E-state index contributed by atoms with van der Waals surface area (Å²) < 4.78 is 0. The van der Waals surface area contributed by atoms with Gasteiger partial charge in [0.25, 0.3) is 5.91 Å². The largest absolute Gasteiger partial charge is 0.329 e. The van der Waals surface area contributed by atoms with Crippen molar-refractivity contribution in [2.45, 2.75) is 44.7 Å². The number of carbonyl (C=O) groups is 3. The van der Waals surface area contributed by atoms with Crippen LogP contribution >= 0.6 is 0 Å². The maximum Gasteiger partial charge on any atom is 0.255 e. The lowest BCUT2D eigenvalue weighted by Gasteiger charge is -2.30. The number of nitrogens with zero attached hydrogens (tertiary/aromatic N) is 2. The van der Waals surface area contributed by atoms with Crippen molar-refractivity contribution in [3.8, 4) is 6.07 Å². The third-order valence-corrected chi connectivity index (χ3v) is 5.88. The highest BCUT2D eigenvalue weighted by molar-refractivity contribution is 6.01. The van der Waals surface area contributed by atoms with Crippen LogP contribution in [0.5, 0.6) is 0 Å². The van der Waals surface area contributed by atoms with Gasteiger partial charge in [0.1, 0.15) is 11.8 Å². The Labute approximate surface area is 181 Å². The molecule has 0 saturated carbocycles. The predicted octanol–water partition coefficient (Wildman–Crippen LogP) is 3.05. The number of allylic oxidation sites excluding steroid dienone is 1. The molecule has 0 radical (unpaired) electrons. The average molecular weight is 413 g/mol. The van der Waals surface area contributed by atoms with Gasteiger partial charge in [-0.25, -0.2) is 0 Å². The summed E-state index contributed by atoms with van der Waals surface area (Å²) in [7, 11) is 0. The second-order valence-electron chi connectivity index (χ2n) is 8.10. The molecule has 4 rings (SSSR count). The highest BCUT2D eigenvalue weighted by Crippen LogP contribution is 2.29. The Hall–Kier alpha value is -3.72. The van der Waals surface area contributed by atoms with Gasteiger partial charge in [-0.15, -0.1) is 0 Å². The maximum absolute atomic E-state index is 12.8. The van der Waals surface area contributed by atoms with Gasteiger partial charge in [0, 0.05) is 30.6 Å². The number of carbonyl (C=O) groups excluding carboxylic acids is 3. The first-order valence-electron chi connectivity index (χ1n) is 10.4. The molecule has 1 atom stereocenters. The molecule has 1 fully saturated rings. The Morgan fingerprint density at radius 2 is 1.90 bits per heavy atom. The minimum absolute atomic E-state index is 0.119. The van der Waals surface area contributed by atoms with Crippen molar-refractivity contribution in [3.63, 3.8) is 0 Å². The Balaban J connectivity index is 1.37. The molecule has 2 amide bonds. The van der Waals surface area contributed by atoms with E-state index in [4.69, 9.17) is 5.26 Å². The molecule has 2 heterocycles. The fourth-order valence-electron chi connectivity index (χ4n) is 4.16. The quantitative estimate of drug-likeness (QED) is 0.788. The SMILES string of the molecule is C=C1CCC(N2Cc3cc(CCC(=O)Cc4ccc(C#N)cc4)ccc3C2=O)C(=O)N1. The third kappa shape index (κ3) is 4.41. The summed E-state index contributed by atoms with van der Waals surface area (Å²) in [4.78, 5) is 39.1. The van der Waals surface area contributed by atoms with Crippen molar-refractivity contribution in [1.82, 2.24) is 10.2 Å². The van der Waals surface area contributed by atoms with Crippen molar-refractivity contribution in [2.75, 3.05) is 0 Å². The summed E-state index contributed by atoms with van der Waals surface area (Å²) >= 11 is 0. The van der Waals surface area contributed by atoms with Crippen molar-refractivity contribution in [3.05, 3.63) is 82.6 Å². The van der Waals surface area contributed by atoms with E-state index in [0.717, 1.165) is 16.7 Å². The van der Waals surface area contributed by atoms with Crippen molar-refractivity contribution < 1.29 is 14.4 Å². The first-order valence-corrected chi connectivity index (χ1v) is 10.4. The topological polar surface area (TPSA) is 90.3 Å². The molecule has 2 aromatic carbocycles. The number of hydrogen-bond acceptors (Lipinski definition) is 4. The molecule has 2 aliphatic rings. The van der Waals surface area contributed by atoms with Crippen LogP contribution in [0.4, 0.5) is 0 Å². The number of rotatable bonds is 6. The lowest BCUT2D eigenvalue weighted by Crippen LogP contribution is -2.49. The molecule has 1 saturated heterocycles. The molecule has 1 unspecified atom stereocenters. The summed E-state index contributed by atoms with van der Waals surface area (Å²) in [5.74, 6) is -0.167. The van der Waals surface area contributed by atoms with E-state index >= 15 is 0 Å². The average Bonchev–Trinajstić information content (AvgIpc) is 3.08. The Bertz CT molecular complexity index is 1110. The van der Waals surface area contributed by atoms with Gasteiger partial charge in [-0.1, -0.05) is 30.8 Å². The summed E-state index contributed by atoms with van der Waals surface area (Å²) in [5.41, 5.74) is 4.70. The summed E-state index contributed by atoms with van der Waals surface area (Å²) in [6.07, 6.45) is 2.60. The monoisotopic (exact) mass is 413 g/mol. The molecule has 156 valence electrons. The highest BCUT2D eigenvalue weighted by Gasteiger charge is 2.38. The van der Waals surface area contributed by atoms with E-state index < -0.39 is 6.04 Å². The van der Waals surface area contributed by atoms with Crippen LogP contribution in [0.3, 0.4) is 0 Å². The molecule has 2 aromatic rings. The fraction of sp³-hybridized carbons (Fsp3) is 0.280. The van der Waals surface area contributed by atoms with E-state index in [1.54, 1.807) is 23.1 Å². The highest BCUT2D eigenvalue weighted by atomic mass is 16.2. The van der Waals surface area contributed by atoms with E-state index in [2.05, 4.69) is 18.0 Å². The maximum atomic E-state index is 12.8. The predicted molar refractivity (Wildman–Crippen MR) is 115 cm³/mol. The van der Waals surface area contributed by atoms with Crippen LogP contribution in [0.15, 0.2) is 54.7 Å². The molecule has 0 aromatic heterocycles. The van der Waals surface area contributed by atoms with Gasteiger partial charge < -0.3 is 10.2 Å². The Morgan fingerprint density at radius 3 is 2.61 bits per heavy atom. The lowest BCUT2D eigenvalue weighted by molar-refractivity contribution is -0.126. The van der Waals surface area contributed by atoms with E-state index in [0.29, 0.717) is 55.5 Å². The lowest BCUT2D eigenvalue weighted by atomic mass is 9.99. The van der Waals surface area contributed by atoms with Crippen LogP contribution in [0, 0.1) is 11.3 Å². The smallest absolute Gasteiger partial charge is 0.255 e. The van der Waals surface area contributed by atoms with Gasteiger partial charge >= 0.3 is 0 Å². The van der Waals surface area contributed by atoms with Crippen LogP contribution < -0.4 is 5.32 Å². The normalized spacial score (nSPS) is 17.8. The van der Waals surface area contributed by atoms with Crippen LogP contribution in [0.25, 0.3) is 0 Å². The molecular weight excluding hydrogens is 390 g/mol. The summed E-state index contributed by atoms with van der Waals surface area (Å²) in [6, 6.07) is 14.3. The van der Waals surface area contributed by atoms with Crippen LogP contribution in [0.1, 0.15) is 51.9 Å². The Kier molecular flexibility index (Phi) is 5.68. The first kappa shape index (κ1) is 20.5. The van der Waals surface area contributed by atoms with Gasteiger partial charge in [-0.05, 0) is 54.2 Å². The summed E-state index contributed by atoms with van der Waals surface area (Å²) in [6.45, 7) is 4.20. The molecule has 0 bridgehead atoms. The number of Topliss-reactive ketones (excluding diaryl/α,β-unsaturated/α-hetero) is 1. The molecular formula is C25H23N3O3. The van der Waals surface area contributed by atoms with Crippen LogP contribution in [-0.2, 0) is 29.0 Å². The third-order valence-electron chi connectivity index (χ3n) is 5.88. The number of hydrogen-bond donors (Lipinski definition) is 1. The van der Waals surface area contributed by atoms with Gasteiger partial charge in [0.05, 0.1) is 11.6 Å². The number of nitrogens with one attached hydrogen (secondary N) is 1. The zero-order chi connectivity index (χ0) is 22.0. The number of amides is 2.